The van der Waals surface area contributed by atoms with Crippen molar-refractivity contribution in [2.75, 3.05) is 27.2 Å². The van der Waals surface area contributed by atoms with Crippen molar-refractivity contribution in [1.82, 2.24) is 39.8 Å². The van der Waals surface area contributed by atoms with E-state index in [-0.39, 0.29) is 17.1 Å². The van der Waals surface area contributed by atoms with Crippen LogP contribution in [0.1, 0.15) is 33.6 Å². The van der Waals surface area contributed by atoms with Crippen molar-refractivity contribution < 1.29 is 69.4 Å². The van der Waals surface area contributed by atoms with Crippen LogP contribution in [0.3, 0.4) is 0 Å². The van der Waals surface area contributed by atoms with E-state index in [0.717, 1.165) is 48.9 Å². The summed E-state index contributed by atoms with van der Waals surface area (Å²) in [6, 6.07) is 12.6. The molecule has 0 aliphatic rings. The van der Waals surface area contributed by atoms with Gasteiger partial charge in [0.15, 0.2) is 20.2 Å². The molecule has 0 saturated heterocycles. The van der Waals surface area contributed by atoms with Crippen LogP contribution in [0.5, 0.6) is 0 Å². The molecule has 0 atom stereocenters. The number of hydrogen-bond acceptors (Lipinski definition) is 12. The SMILES string of the molecule is Cc1cccc(C)c1-n1cc(CN(C)CCN(C)Cc2cn(-c3c(C)cccc3C)nn2)nn1.O=S(=O)([O-])C(F)(F)F.O=S(=O)([O-])C(F)(F)F.[Mn+2]. The molecule has 283 valence electrons. The van der Waals surface area contributed by atoms with Crippen molar-refractivity contribution in [2.24, 2.45) is 0 Å². The second-order valence-corrected chi connectivity index (χ2v) is 13.8. The first-order valence-corrected chi connectivity index (χ1v) is 17.0. The van der Waals surface area contributed by atoms with Crippen molar-refractivity contribution in [3.8, 4) is 11.4 Å². The summed E-state index contributed by atoms with van der Waals surface area (Å²) in [5, 5.41) is 17.5. The fourth-order valence-corrected chi connectivity index (χ4v) is 4.35. The Hall–Kier alpha value is -3.44. The molecule has 2 aromatic carbocycles. The van der Waals surface area contributed by atoms with Gasteiger partial charge in [0, 0.05) is 26.2 Å². The van der Waals surface area contributed by atoms with Gasteiger partial charge in [0.2, 0.25) is 0 Å². The van der Waals surface area contributed by atoms with Gasteiger partial charge < -0.3 is 9.11 Å². The molecular weight excluding hydrogens is 777 g/mol. The molecule has 0 aliphatic heterocycles. The topological polar surface area (TPSA) is 182 Å². The van der Waals surface area contributed by atoms with Crippen LogP contribution in [-0.2, 0) is 50.4 Å². The van der Waals surface area contributed by atoms with E-state index in [4.69, 9.17) is 25.9 Å². The third-order valence-corrected chi connectivity index (χ3v) is 7.85. The maximum Gasteiger partial charge on any atom is 2.00 e. The van der Waals surface area contributed by atoms with Crippen LogP contribution >= 0.6 is 0 Å². The maximum absolute atomic E-state index is 10.7. The summed E-state index contributed by atoms with van der Waals surface area (Å²) in [5.41, 5.74) is -2.37. The van der Waals surface area contributed by atoms with Gasteiger partial charge in [-0.25, -0.2) is 26.2 Å². The number of nitrogens with zero attached hydrogens (tertiary/aromatic N) is 8. The van der Waals surface area contributed by atoms with Crippen LogP contribution in [0.15, 0.2) is 48.8 Å². The predicted octanol–water partition coefficient (Wildman–Crippen LogP) is 3.75. The molecule has 4 aromatic rings. The number of alkyl halides is 6. The van der Waals surface area contributed by atoms with E-state index < -0.39 is 31.3 Å². The summed E-state index contributed by atoms with van der Waals surface area (Å²) < 4.78 is 122. The van der Waals surface area contributed by atoms with E-state index in [9.17, 15) is 26.3 Å². The number of benzene rings is 2. The number of aromatic nitrogens is 6. The second-order valence-electron chi connectivity index (χ2n) is 11.1. The number of halogens is 6. The van der Waals surface area contributed by atoms with Crippen LogP contribution in [0.4, 0.5) is 26.3 Å². The van der Waals surface area contributed by atoms with E-state index in [1.165, 1.54) is 22.3 Å². The minimum atomic E-state index is -6.09. The standard InChI is InChI=1S/C26H34N8.2CHF3O3S.Mn/c1-19-9-7-10-20(2)25(19)33-17-23(27-29-33)15-31(5)13-14-32(6)16-24-18-34(30-28-24)26-21(3)11-8-12-22(26)4;2*2-1(3,4)8(5,6)7;/h7-12,17-18H,13-16H2,1-6H3;2*(H,5,6,7);/q;;;+2/p-2. The average Bonchev–Trinajstić information content (AvgIpc) is 3.60. The Morgan fingerprint density at radius 2 is 0.882 bits per heavy atom. The molecule has 0 unspecified atom stereocenters. The summed E-state index contributed by atoms with van der Waals surface area (Å²) in [5.74, 6) is 0. The molecule has 2 heterocycles. The van der Waals surface area contributed by atoms with Crippen LogP contribution in [0, 0.1) is 27.7 Å². The van der Waals surface area contributed by atoms with Gasteiger partial charge in [0.05, 0.1) is 35.2 Å². The van der Waals surface area contributed by atoms with Gasteiger partial charge in [0.1, 0.15) is 0 Å². The van der Waals surface area contributed by atoms with Gasteiger partial charge in [-0.15, -0.1) is 10.2 Å². The Bertz CT molecular complexity index is 1770. The number of likely N-dealkylation sites (N-methyl/N-ethyl adjacent to an activating group) is 2. The Kier molecular flexibility index (Phi) is 16.4. The van der Waals surface area contributed by atoms with Gasteiger partial charge >= 0.3 is 28.1 Å². The van der Waals surface area contributed by atoms with Crippen LogP contribution in [-0.4, -0.2) is 104 Å². The molecule has 14 nitrogen and oxygen atoms in total. The summed E-state index contributed by atoms with van der Waals surface area (Å²) in [7, 11) is -7.95. The average molecular weight is 812 g/mol. The Morgan fingerprint density at radius 1 is 0.627 bits per heavy atom. The molecular formula is C28H34F6MnN8O6S2. The number of aryl methyl sites for hydroxylation is 4. The van der Waals surface area contributed by atoms with E-state index >= 15 is 0 Å². The zero-order valence-electron chi connectivity index (χ0n) is 27.9. The predicted molar refractivity (Wildman–Crippen MR) is 166 cm³/mol. The van der Waals surface area contributed by atoms with Gasteiger partial charge in [-0.05, 0) is 64.0 Å². The van der Waals surface area contributed by atoms with Crippen molar-refractivity contribution >= 4 is 20.2 Å². The molecule has 1 radical (unpaired) electrons. The van der Waals surface area contributed by atoms with Crippen molar-refractivity contribution in [2.45, 2.75) is 51.8 Å². The molecule has 51 heavy (non-hydrogen) atoms. The first-order valence-electron chi connectivity index (χ1n) is 14.2. The van der Waals surface area contributed by atoms with Crippen molar-refractivity contribution in [1.29, 1.82) is 0 Å². The summed E-state index contributed by atoms with van der Waals surface area (Å²) in [4.78, 5) is 4.53. The quantitative estimate of drug-likeness (QED) is 0.104. The molecule has 2 aromatic heterocycles. The van der Waals surface area contributed by atoms with Gasteiger partial charge in [-0.1, -0.05) is 46.8 Å². The molecule has 0 spiro atoms. The van der Waals surface area contributed by atoms with E-state index in [2.05, 4.69) is 109 Å². The van der Waals surface area contributed by atoms with Crippen molar-refractivity contribution in [3.05, 3.63) is 82.4 Å². The van der Waals surface area contributed by atoms with Crippen LogP contribution in [0.2, 0.25) is 0 Å². The smallest absolute Gasteiger partial charge is 0.741 e. The molecule has 0 saturated carbocycles. The fourth-order valence-electron chi connectivity index (χ4n) is 4.35. The Balaban J connectivity index is 0.000000638. The first-order chi connectivity index (χ1) is 22.8. The molecule has 4 rings (SSSR count). The molecule has 0 amide bonds. The Morgan fingerprint density at radius 3 is 1.12 bits per heavy atom. The van der Waals surface area contributed by atoms with Gasteiger partial charge in [0.25, 0.3) is 0 Å². The zero-order valence-corrected chi connectivity index (χ0v) is 30.8. The number of hydrogen-bond donors (Lipinski definition) is 0. The summed E-state index contributed by atoms with van der Waals surface area (Å²) in [6.45, 7) is 11.7. The maximum atomic E-state index is 10.7. The minimum Gasteiger partial charge on any atom is -0.741 e. The monoisotopic (exact) mass is 811 g/mol. The molecule has 0 bridgehead atoms. The summed E-state index contributed by atoms with van der Waals surface area (Å²) >= 11 is 0. The first kappa shape index (κ1) is 45.6. The third kappa shape index (κ3) is 13.9. The summed E-state index contributed by atoms with van der Waals surface area (Å²) in [6.07, 6.45) is 4.06. The largest absolute Gasteiger partial charge is 2.00 e. The van der Waals surface area contributed by atoms with Crippen LogP contribution in [0.25, 0.3) is 11.4 Å². The van der Waals surface area contributed by atoms with Crippen molar-refractivity contribution in [3.63, 3.8) is 0 Å². The van der Waals surface area contributed by atoms with E-state index in [1.54, 1.807) is 0 Å². The van der Waals surface area contributed by atoms with E-state index in [1.807, 2.05) is 21.8 Å². The number of para-hydroxylation sites is 2. The molecule has 0 aliphatic carbocycles. The Labute approximate surface area is 301 Å². The third-order valence-electron chi connectivity index (χ3n) is 6.71. The van der Waals surface area contributed by atoms with Gasteiger partial charge in [-0.2, -0.15) is 26.3 Å². The normalized spacial score (nSPS) is 12.2. The van der Waals surface area contributed by atoms with Gasteiger partial charge in [-0.3, -0.25) is 9.80 Å². The zero-order chi connectivity index (χ0) is 38.2. The number of rotatable bonds is 9. The second kappa shape index (κ2) is 18.4. The van der Waals surface area contributed by atoms with E-state index in [0.29, 0.717) is 0 Å². The fraction of sp³-hybridized carbons (Fsp3) is 0.429. The molecule has 0 N–H and O–H groups in total. The minimum absolute atomic E-state index is 0. The molecule has 23 heteroatoms. The van der Waals surface area contributed by atoms with Crippen LogP contribution < -0.4 is 0 Å². The molecule has 0 fully saturated rings.